The van der Waals surface area contributed by atoms with Crippen molar-refractivity contribution in [3.05, 3.63) is 58.7 Å². The van der Waals surface area contributed by atoms with Gasteiger partial charge in [0.2, 0.25) is 0 Å². The largest absolute Gasteiger partial charge is 0.481 e. The summed E-state index contributed by atoms with van der Waals surface area (Å²) in [5.41, 5.74) is 5.96. The van der Waals surface area contributed by atoms with Gasteiger partial charge in [0, 0.05) is 5.69 Å². The van der Waals surface area contributed by atoms with Gasteiger partial charge < -0.3 is 10.1 Å². The van der Waals surface area contributed by atoms with E-state index in [2.05, 4.69) is 30.4 Å². The van der Waals surface area contributed by atoms with Gasteiger partial charge in [-0.05, 0) is 79.8 Å². The number of carbonyl (C=O) groups is 1. The first-order valence-corrected chi connectivity index (χ1v) is 9.80. The summed E-state index contributed by atoms with van der Waals surface area (Å²) < 4.78 is 6.07. The summed E-state index contributed by atoms with van der Waals surface area (Å²) in [6.07, 6.45) is 5.81. The van der Waals surface area contributed by atoms with Crippen LogP contribution in [0.25, 0.3) is 0 Å². The number of rotatable bonds is 6. The third kappa shape index (κ3) is 4.09. The Hall–Kier alpha value is -2.29. The zero-order chi connectivity index (χ0) is 18.5. The van der Waals surface area contributed by atoms with Crippen LogP contribution in [0, 0.1) is 6.92 Å². The minimum absolute atomic E-state index is 0.0748. The van der Waals surface area contributed by atoms with Gasteiger partial charge in [-0.25, -0.2) is 0 Å². The van der Waals surface area contributed by atoms with E-state index in [0.717, 1.165) is 41.8 Å². The van der Waals surface area contributed by atoms with Crippen LogP contribution in [0.2, 0.25) is 0 Å². The van der Waals surface area contributed by atoms with Crippen LogP contribution >= 0.6 is 0 Å². The van der Waals surface area contributed by atoms with Gasteiger partial charge in [-0.2, -0.15) is 0 Å². The molecule has 0 fully saturated rings. The van der Waals surface area contributed by atoms with Gasteiger partial charge in [-0.1, -0.05) is 38.1 Å². The van der Waals surface area contributed by atoms with Gasteiger partial charge in [0.25, 0.3) is 5.91 Å². The minimum atomic E-state index is -0.485. The first kappa shape index (κ1) is 18.5. The molecule has 3 nitrogen and oxygen atoms in total. The topological polar surface area (TPSA) is 38.3 Å². The Morgan fingerprint density at radius 2 is 1.88 bits per heavy atom. The second kappa shape index (κ2) is 8.39. The molecule has 0 aromatic heterocycles. The van der Waals surface area contributed by atoms with Crippen molar-refractivity contribution in [2.24, 2.45) is 0 Å². The molecule has 0 saturated carbocycles. The van der Waals surface area contributed by atoms with Gasteiger partial charge >= 0.3 is 0 Å². The monoisotopic (exact) mass is 351 g/mol. The van der Waals surface area contributed by atoms with Gasteiger partial charge in [0.1, 0.15) is 5.75 Å². The number of ether oxygens (including phenoxy) is 1. The van der Waals surface area contributed by atoms with E-state index in [0.29, 0.717) is 6.42 Å². The van der Waals surface area contributed by atoms with Crippen molar-refractivity contribution < 1.29 is 9.53 Å². The van der Waals surface area contributed by atoms with Gasteiger partial charge in [0.15, 0.2) is 6.10 Å². The van der Waals surface area contributed by atoms with E-state index in [1.54, 1.807) is 0 Å². The van der Waals surface area contributed by atoms with Crippen LogP contribution in [-0.4, -0.2) is 12.0 Å². The maximum absolute atomic E-state index is 12.8. The van der Waals surface area contributed by atoms with Crippen LogP contribution < -0.4 is 10.1 Å². The molecule has 0 unspecified atom stereocenters. The lowest BCUT2D eigenvalue weighted by Gasteiger charge is -2.21. The lowest BCUT2D eigenvalue weighted by molar-refractivity contribution is -0.122. The zero-order valence-corrected chi connectivity index (χ0v) is 16.1. The molecule has 0 saturated heterocycles. The Morgan fingerprint density at radius 3 is 2.62 bits per heavy atom. The highest BCUT2D eigenvalue weighted by Gasteiger charge is 2.21. The molecule has 1 aliphatic carbocycles. The molecule has 26 heavy (non-hydrogen) atoms. The summed E-state index contributed by atoms with van der Waals surface area (Å²) in [5, 5.41) is 3.10. The number of para-hydroxylation sites is 1. The average Bonchev–Trinajstić information content (AvgIpc) is 2.67. The molecule has 1 aliphatic rings. The lowest BCUT2D eigenvalue weighted by Crippen LogP contribution is -2.33. The van der Waals surface area contributed by atoms with Crippen molar-refractivity contribution in [3.8, 4) is 5.75 Å². The Labute approximate surface area is 156 Å². The van der Waals surface area contributed by atoms with E-state index in [9.17, 15) is 4.79 Å². The van der Waals surface area contributed by atoms with Crippen LogP contribution in [0.4, 0.5) is 5.69 Å². The van der Waals surface area contributed by atoms with Crippen molar-refractivity contribution in [1.82, 2.24) is 0 Å². The predicted molar refractivity (Wildman–Crippen MR) is 107 cm³/mol. The maximum Gasteiger partial charge on any atom is 0.265 e. The Morgan fingerprint density at radius 1 is 1.12 bits per heavy atom. The molecule has 0 spiro atoms. The van der Waals surface area contributed by atoms with Crippen LogP contribution in [-0.2, 0) is 24.1 Å². The van der Waals surface area contributed by atoms with Crippen molar-refractivity contribution >= 4 is 11.6 Å². The number of aryl methyl sites for hydroxylation is 4. The van der Waals surface area contributed by atoms with Crippen LogP contribution in [0.15, 0.2) is 36.4 Å². The number of carbonyl (C=O) groups excluding carboxylic acids is 1. The Bertz CT molecular complexity index is 782. The van der Waals surface area contributed by atoms with E-state index in [1.165, 1.54) is 24.0 Å². The molecule has 1 amide bonds. The molecule has 0 aliphatic heterocycles. The molecular weight excluding hydrogens is 322 g/mol. The standard InChI is InChI=1S/C23H29NO2/c1-4-17-12-8-9-16(3)22(17)24-23(25)21(5-2)26-20-14-13-18-10-6-7-11-19(18)15-20/h8-9,12-15,21H,4-7,10-11H2,1-3H3,(H,24,25)/t21-/m0/s1. The number of hydrogen-bond acceptors (Lipinski definition) is 2. The summed E-state index contributed by atoms with van der Waals surface area (Å²) in [4.78, 5) is 12.8. The highest BCUT2D eigenvalue weighted by Crippen LogP contribution is 2.27. The normalized spacial score (nSPS) is 14.4. The second-order valence-electron chi connectivity index (χ2n) is 7.10. The number of benzene rings is 2. The first-order valence-electron chi connectivity index (χ1n) is 9.80. The molecule has 0 heterocycles. The number of hydrogen-bond donors (Lipinski definition) is 1. The Kier molecular flexibility index (Phi) is 5.97. The van der Waals surface area contributed by atoms with Crippen molar-refractivity contribution in [1.29, 1.82) is 0 Å². The quantitative estimate of drug-likeness (QED) is 0.773. The first-order chi connectivity index (χ1) is 12.6. The van der Waals surface area contributed by atoms with Gasteiger partial charge in [-0.3, -0.25) is 4.79 Å². The smallest absolute Gasteiger partial charge is 0.265 e. The number of nitrogens with one attached hydrogen (secondary N) is 1. The van der Waals surface area contributed by atoms with Crippen LogP contribution in [0.5, 0.6) is 5.75 Å². The second-order valence-corrected chi connectivity index (χ2v) is 7.10. The molecule has 1 N–H and O–H groups in total. The summed E-state index contributed by atoms with van der Waals surface area (Å²) >= 11 is 0. The highest BCUT2D eigenvalue weighted by molar-refractivity contribution is 5.95. The summed E-state index contributed by atoms with van der Waals surface area (Å²) in [6, 6.07) is 12.4. The molecule has 0 radical (unpaired) electrons. The summed E-state index contributed by atoms with van der Waals surface area (Å²) in [7, 11) is 0. The molecule has 3 rings (SSSR count). The highest BCUT2D eigenvalue weighted by atomic mass is 16.5. The fourth-order valence-corrected chi connectivity index (χ4v) is 3.68. The Balaban J connectivity index is 1.74. The SMILES string of the molecule is CCc1cccc(C)c1NC(=O)[C@H](CC)Oc1ccc2c(c1)CCCC2. The minimum Gasteiger partial charge on any atom is -0.481 e. The van der Waals surface area contributed by atoms with Crippen LogP contribution in [0.1, 0.15) is 55.4 Å². The van der Waals surface area contributed by atoms with E-state index in [-0.39, 0.29) is 5.91 Å². The van der Waals surface area contributed by atoms with E-state index < -0.39 is 6.10 Å². The molecule has 0 bridgehead atoms. The zero-order valence-electron chi connectivity index (χ0n) is 16.1. The van der Waals surface area contributed by atoms with E-state index >= 15 is 0 Å². The van der Waals surface area contributed by atoms with E-state index in [1.807, 2.05) is 32.0 Å². The van der Waals surface area contributed by atoms with Crippen LogP contribution in [0.3, 0.4) is 0 Å². The summed E-state index contributed by atoms with van der Waals surface area (Å²) in [5.74, 6) is 0.724. The molecule has 2 aromatic carbocycles. The number of anilines is 1. The van der Waals surface area contributed by atoms with Gasteiger partial charge in [0.05, 0.1) is 0 Å². The van der Waals surface area contributed by atoms with Crippen molar-refractivity contribution in [2.45, 2.75) is 65.4 Å². The molecule has 138 valence electrons. The number of fused-ring (bicyclic) bond motifs is 1. The van der Waals surface area contributed by atoms with Crippen molar-refractivity contribution in [2.75, 3.05) is 5.32 Å². The van der Waals surface area contributed by atoms with E-state index in [4.69, 9.17) is 4.74 Å². The molecular formula is C23H29NO2. The molecule has 1 atom stereocenters. The van der Waals surface area contributed by atoms with Crippen molar-refractivity contribution in [3.63, 3.8) is 0 Å². The maximum atomic E-state index is 12.8. The third-order valence-electron chi connectivity index (χ3n) is 5.25. The fraction of sp³-hybridized carbons (Fsp3) is 0.435. The predicted octanol–water partition coefficient (Wildman–Crippen LogP) is 5.23. The van der Waals surface area contributed by atoms with Gasteiger partial charge in [-0.15, -0.1) is 0 Å². The summed E-state index contributed by atoms with van der Waals surface area (Å²) in [6.45, 7) is 6.12. The molecule has 3 heteroatoms. The molecule has 2 aromatic rings. The number of amides is 1. The lowest BCUT2D eigenvalue weighted by atomic mass is 9.92. The third-order valence-corrected chi connectivity index (χ3v) is 5.25. The average molecular weight is 351 g/mol. The fourth-order valence-electron chi connectivity index (χ4n) is 3.68.